The summed E-state index contributed by atoms with van der Waals surface area (Å²) in [4.78, 5) is 28.5. The molecule has 0 unspecified atom stereocenters. The number of carbonyl (C=O) groups is 2. The van der Waals surface area contributed by atoms with Crippen molar-refractivity contribution < 1.29 is 14.7 Å². The Balaban J connectivity index is 1.86. The zero-order valence-corrected chi connectivity index (χ0v) is 13.2. The number of carboxylic acids is 1. The molecule has 0 aliphatic heterocycles. The van der Waals surface area contributed by atoms with Crippen LogP contribution in [0.1, 0.15) is 18.5 Å². The van der Waals surface area contributed by atoms with Crippen LogP contribution >= 0.6 is 22.7 Å². The summed E-state index contributed by atoms with van der Waals surface area (Å²) < 4.78 is 0. The zero-order valence-electron chi connectivity index (χ0n) is 11.6. The van der Waals surface area contributed by atoms with Crippen molar-refractivity contribution >= 4 is 34.6 Å². The molecule has 0 radical (unpaired) electrons. The highest BCUT2D eigenvalue weighted by molar-refractivity contribution is 7.14. The van der Waals surface area contributed by atoms with Gasteiger partial charge in [-0.3, -0.25) is 9.59 Å². The van der Waals surface area contributed by atoms with Gasteiger partial charge in [-0.25, -0.2) is 4.98 Å². The van der Waals surface area contributed by atoms with E-state index in [0.29, 0.717) is 13.0 Å². The molecule has 1 N–H and O–H groups in total. The largest absolute Gasteiger partial charge is 0.481 e. The number of carboxylic acid groups (broad SMARTS) is 1. The Morgan fingerprint density at radius 2 is 2.19 bits per heavy atom. The first-order valence-corrected chi connectivity index (χ1v) is 8.31. The molecule has 0 aliphatic carbocycles. The molecule has 0 spiro atoms. The number of thiazole rings is 1. The van der Waals surface area contributed by atoms with Crippen LogP contribution in [0.2, 0.25) is 0 Å². The van der Waals surface area contributed by atoms with Crippen LogP contribution in [0.3, 0.4) is 0 Å². The van der Waals surface area contributed by atoms with Gasteiger partial charge >= 0.3 is 5.97 Å². The Morgan fingerprint density at radius 3 is 2.86 bits per heavy atom. The molecule has 7 heteroatoms. The zero-order chi connectivity index (χ0) is 15.2. The SMILES string of the molecule is CN(CCCC(=O)O)C(=O)Cc1csc(-c2ccsc2)n1. The number of aliphatic carboxylic acids is 1. The van der Waals surface area contributed by atoms with Crippen LogP contribution in [-0.2, 0) is 16.0 Å². The number of rotatable bonds is 7. The van der Waals surface area contributed by atoms with Crippen LogP contribution in [0.15, 0.2) is 22.2 Å². The number of hydrogen-bond donors (Lipinski definition) is 1. The van der Waals surface area contributed by atoms with Crippen LogP contribution < -0.4 is 0 Å². The number of nitrogens with zero attached hydrogens (tertiary/aromatic N) is 2. The van der Waals surface area contributed by atoms with Crippen LogP contribution in [0, 0.1) is 0 Å². The van der Waals surface area contributed by atoms with Gasteiger partial charge in [0, 0.05) is 36.3 Å². The molecule has 1 amide bonds. The molecule has 2 aromatic heterocycles. The van der Waals surface area contributed by atoms with Crippen molar-refractivity contribution in [2.45, 2.75) is 19.3 Å². The van der Waals surface area contributed by atoms with Crippen molar-refractivity contribution in [2.24, 2.45) is 0 Å². The Kier molecular flexibility index (Phi) is 5.46. The molecule has 21 heavy (non-hydrogen) atoms. The molecule has 0 bridgehead atoms. The van der Waals surface area contributed by atoms with Gasteiger partial charge in [0.15, 0.2) is 0 Å². The maximum atomic E-state index is 12.0. The summed E-state index contributed by atoms with van der Waals surface area (Å²) in [6, 6.07) is 2.01. The minimum absolute atomic E-state index is 0.0393. The topological polar surface area (TPSA) is 70.5 Å². The fraction of sp³-hybridized carbons (Fsp3) is 0.357. The van der Waals surface area contributed by atoms with E-state index >= 15 is 0 Å². The van der Waals surface area contributed by atoms with Gasteiger partial charge < -0.3 is 10.0 Å². The van der Waals surface area contributed by atoms with E-state index in [-0.39, 0.29) is 18.7 Å². The monoisotopic (exact) mass is 324 g/mol. The molecule has 0 saturated heterocycles. The van der Waals surface area contributed by atoms with E-state index in [4.69, 9.17) is 5.11 Å². The molecule has 0 atom stereocenters. The summed E-state index contributed by atoms with van der Waals surface area (Å²) in [5.74, 6) is -0.877. The predicted molar refractivity (Wildman–Crippen MR) is 83.6 cm³/mol. The molecule has 5 nitrogen and oxygen atoms in total. The number of aromatic nitrogens is 1. The lowest BCUT2D eigenvalue weighted by atomic mass is 10.2. The minimum atomic E-state index is -0.837. The van der Waals surface area contributed by atoms with Gasteiger partial charge in [-0.1, -0.05) is 0 Å². The van der Waals surface area contributed by atoms with Crippen molar-refractivity contribution in [1.82, 2.24) is 9.88 Å². The molecule has 112 valence electrons. The lowest BCUT2D eigenvalue weighted by Gasteiger charge is -2.15. The lowest BCUT2D eigenvalue weighted by molar-refractivity contribution is -0.138. The van der Waals surface area contributed by atoms with Crippen molar-refractivity contribution in [2.75, 3.05) is 13.6 Å². The van der Waals surface area contributed by atoms with E-state index in [1.54, 1.807) is 23.3 Å². The predicted octanol–water partition coefficient (Wildman–Crippen LogP) is 2.74. The number of likely N-dealkylation sites (N-methyl/N-ethyl adjacent to an activating group) is 1. The number of amides is 1. The second kappa shape index (κ2) is 7.33. The van der Waals surface area contributed by atoms with E-state index in [0.717, 1.165) is 16.3 Å². The highest BCUT2D eigenvalue weighted by Gasteiger charge is 2.13. The van der Waals surface area contributed by atoms with Crippen molar-refractivity contribution in [3.63, 3.8) is 0 Å². The first kappa shape index (κ1) is 15.7. The third kappa shape index (κ3) is 4.64. The van der Waals surface area contributed by atoms with Crippen molar-refractivity contribution in [1.29, 1.82) is 0 Å². The maximum Gasteiger partial charge on any atom is 0.303 e. The molecule has 0 saturated carbocycles. The average molecular weight is 324 g/mol. The third-order valence-electron chi connectivity index (χ3n) is 2.96. The molecule has 0 aliphatic rings. The van der Waals surface area contributed by atoms with E-state index in [1.807, 2.05) is 22.2 Å². The molecule has 2 heterocycles. The Hall–Kier alpha value is -1.73. The fourth-order valence-corrected chi connectivity index (χ4v) is 3.32. The van der Waals surface area contributed by atoms with Gasteiger partial charge in [0.25, 0.3) is 0 Å². The average Bonchev–Trinajstić information content (AvgIpc) is 3.07. The summed E-state index contributed by atoms with van der Waals surface area (Å²) in [7, 11) is 1.69. The summed E-state index contributed by atoms with van der Waals surface area (Å²) in [5.41, 5.74) is 1.84. The first-order valence-electron chi connectivity index (χ1n) is 6.49. The van der Waals surface area contributed by atoms with E-state index in [2.05, 4.69) is 4.98 Å². The highest BCUT2D eigenvalue weighted by Crippen LogP contribution is 2.25. The van der Waals surface area contributed by atoms with Crippen LogP contribution in [-0.4, -0.2) is 40.5 Å². The fourth-order valence-electron chi connectivity index (χ4n) is 1.79. The molecular weight excluding hydrogens is 308 g/mol. The number of hydrogen-bond acceptors (Lipinski definition) is 5. The Morgan fingerprint density at radius 1 is 1.38 bits per heavy atom. The molecule has 2 rings (SSSR count). The summed E-state index contributed by atoms with van der Waals surface area (Å²) >= 11 is 3.15. The number of thiophene rings is 1. The maximum absolute atomic E-state index is 12.0. The first-order chi connectivity index (χ1) is 10.1. The van der Waals surface area contributed by atoms with Gasteiger partial charge in [0.1, 0.15) is 5.01 Å². The highest BCUT2D eigenvalue weighted by atomic mass is 32.1. The molecule has 0 aromatic carbocycles. The van der Waals surface area contributed by atoms with Gasteiger partial charge in [-0.15, -0.1) is 11.3 Å². The van der Waals surface area contributed by atoms with Crippen LogP contribution in [0.4, 0.5) is 0 Å². The second-order valence-corrected chi connectivity index (χ2v) is 6.28. The van der Waals surface area contributed by atoms with Gasteiger partial charge in [0.05, 0.1) is 12.1 Å². The lowest BCUT2D eigenvalue weighted by Crippen LogP contribution is -2.29. The molecule has 0 fully saturated rings. The summed E-state index contributed by atoms with van der Waals surface area (Å²) in [5, 5.41) is 15.4. The van der Waals surface area contributed by atoms with Crippen LogP contribution in [0.25, 0.3) is 10.6 Å². The summed E-state index contributed by atoms with van der Waals surface area (Å²) in [6.45, 7) is 0.451. The molecular formula is C14H16N2O3S2. The van der Waals surface area contributed by atoms with E-state index in [1.165, 1.54) is 11.3 Å². The van der Waals surface area contributed by atoms with E-state index < -0.39 is 5.97 Å². The van der Waals surface area contributed by atoms with E-state index in [9.17, 15) is 9.59 Å². The number of carbonyl (C=O) groups excluding carboxylic acids is 1. The Labute approximate surface area is 130 Å². The summed E-state index contributed by atoms with van der Waals surface area (Å²) in [6.07, 6.45) is 0.801. The van der Waals surface area contributed by atoms with Gasteiger partial charge in [-0.05, 0) is 17.9 Å². The molecule has 2 aromatic rings. The standard InChI is InChI=1S/C14H16N2O3S2/c1-16(5-2-3-13(18)19)12(17)7-11-9-21-14(15-11)10-4-6-20-8-10/h4,6,8-9H,2-3,5,7H2,1H3,(H,18,19). The van der Waals surface area contributed by atoms with Crippen molar-refractivity contribution in [3.8, 4) is 10.6 Å². The van der Waals surface area contributed by atoms with Gasteiger partial charge in [0.2, 0.25) is 5.91 Å². The minimum Gasteiger partial charge on any atom is -0.481 e. The second-order valence-electron chi connectivity index (χ2n) is 4.65. The normalized spacial score (nSPS) is 10.5. The van der Waals surface area contributed by atoms with Crippen molar-refractivity contribution in [3.05, 3.63) is 27.9 Å². The quantitative estimate of drug-likeness (QED) is 0.850. The Bertz CT molecular complexity index is 608. The van der Waals surface area contributed by atoms with Gasteiger partial charge in [-0.2, -0.15) is 11.3 Å². The third-order valence-corrected chi connectivity index (χ3v) is 4.59. The van der Waals surface area contributed by atoms with Crippen LogP contribution in [0.5, 0.6) is 0 Å². The smallest absolute Gasteiger partial charge is 0.303 e.